The van der Waals surface area contributed by atoms with Crippen LogP contribution in [0.4, 0.5) is 11.4 Å². The minimum absolute atomic E-state index is 0.00206. The number of nitrogens with zero attached hydrogens (tertiary/aromatic N) is 1. The van der Waals surface area contributed by atoms with Gasteiger partial charge >= 0.3 is 0 Å². The van der Waals surface area contributed by atoms with E-state index >= 15 is 0 Å². The molecule has 0 aromatic heterocycles. The number of anilines is 2. The molecular formula is C28H28N2O4. The Kier molecular flexibility index (Phi) is 7.28. The van der Waals surface area contributed by atoms with Crippen LogP contribution in [0.3, 0.4) is 0 Å². The van der Waals surface area contributed by atoms with Crippen LogP contribution in [0.2, 0.25) is 0 Å². The van der Waals surface area contributed by atoms with Crippen LogP contribution < -0.4 is 19.7 Å². The first-order chi connectivity index (χ1) is 16.5. The predicted octanol–water partition coefficient (Wildman–Crippen LogP) is 5.30. The zero-order chi connectivity index (χ0) is 23.9. The molecule has 0 saturated heterocycles. The summed E-state index contributed by atoms with van der Waals surface area (Å²) in [6, 6.07) is 22.9. The highest BCUT2D eigenvalue weighted by molar-refractivity contribution is 6.03. The number of carbonyl (C=O) groups is 2. The van der Waals surface area contributed by atoms with E-state index in [1.54, 1.807) is 23.1 Å². The molecule has 174 valence electrons. The fourth-order valence-electron chi connectivity index (χ4n) is 3.62. The lowest BCUT2D eigenvalue weighted by Gasteiger charge is -2.30. The number of nitrogens with one attached hydrogen (secondary N) is 1. The number of rotatable bonds is 8. The second-order valence-corrected chi connectivity index (χ2v) is 8.54. The first-order valence-corrected chi connectivity index (χ1v) is 11.3. The van der Waals surface area contributed by atoms with Crippen molar-refractivity contribution >= 4 is 29.3 Å². The Morgan fingerprint density at radius 3 is 2.59 bits per heavy atom. The number of ether oxygens (including phenoxy) is 2. The highest BCUT2D eigenvalue weighted by Gasteiger charge is 2.26. The summed E-state index contributed by atoms with van der Waals surface area (Å²) in [5.41, 5.74) is 3.33. The second-order valence-electron chi connectivity index (χ2n) is 8.54. The van der Waals surface area contributed by atoms with Gasteiger partial charge in [0.25, 0.3) is 5.91 Å². The summed E-state index contributed by atoms with van der Waals surface area (Å²) in [5, 5.41) is 2.85. The van der Waals surface area contributed by atoms with Crippen LogP contribution in [0.1, 0.15) is 25.0 Å². The van der Waals surface area contributed by atoms with E-state index in [1.165, 1.54) is 6.08 Å². The molecule has 0 bridgehead atoms. The molecule has 1 heterocycles. The second kappa shape index (κ2) is 10.7. The lowest BCUT2D eigenvalue weighted by Crippen LogP contribution is -2.40. The van der Waals surface area contributed by atoms with Crippen molar-refractivity contribution < 1.29 is 19.1 Å². The van der Waals surface area contributed by atoms with Crippen molar-refractivity contribution in [2.45, 2.75) is 20.5 Å². The number of fused-ring (bicyclic) bond motifs is 1. The maximum atomic E-state index is 12.4. The topological polar surface area (TPSA) is 67.9 Å². The monoisotopic (exact) mass is 456 g/mol. The summed E-state index contributed by atoms with van der Waals surface area (Å²) in [5.74, 6) is 1.38. The van der Waals surface area contributed by atoms with E-state index in [0.717, 1.165) is 22.6 Å². The molecule has 2 amide bonds. The molecule has 3 aromatic carbocycles. The van der Waals surface area contributed by atoms with Crippen LogP contribution >= 0.6 is 0 Å². The number of hydrogen-bond acceptors (Lipinski definition) is 4. The zero-order valence-electron chi connectivity index (χ0n) is 19.4. The Morgan fingerprint density at radius 1 is 1.09 bits per heavy atom. The van der Waals surface area contributed by atoms with Crippen LogP contribution in [-0.4, -0.2) is 25.0 Å². The smallest absolute Gasteiger partial charge is 0.265 e. The highest BCUT2D eigenvalue weighted by atomic mass is 16.5. The van der Waals surface area contributed by atoms with Gasteiger partial charge in [-0.3, -0.25) is 9.59 Å². The van der Waals surface area contributed by atoms with Crippen LogP contribution in [0.25, 0.3) is 6.08 Å². The van der Waals surface area contributed by atoms with Gasteiger partial charge in [0.2, 0.25) is 5.91 Å². The fourth-order valence-corrected chi connectivity index (χ4v) is 3.62. The average molecular weight is 457 g/mol. The highest BCUT2D eigenvalue weighted by Crippen LogP contribution is 2.35. The molecule has 3 aromatic rings. The van der Waals surface area contributed by atoms with Crippen LogP contribution in [0.5, 0.6) is 11.5 Å². The zero-order valence-corrected chi connectivity index (χ0v) is 19.4. The van der Waals surface area contributed by atoms with Gasteiger partial charge in [0.05, 0.1) is 5.69 Å². The number of amides is 2. The van der Waals surface area contributed by atoms with Crippen molar-refractivity contribution in [3.8, 4) is 11.5 Å². The van der Waals surface area contributed by atoms with Crippen molar-refractivity contribution in [1.29, 1.82) is 0 Å². The van der Waals surface area contributed by atoms with Crippen LogP contribution in [-0.2, 0) is 16.2 Å². The first kappa shape index (κ1) is 23.1. The third-order valence-corrected chi connectivity index (χ3v) is 5.27. The molecule has 0 aliphatic carbocycles. The lowest BCUT2D eigenvalue weighted by molar-refractivity contribution is -0.121. The van der Waals surface area contributed by atoms with Gasteiger partial charge in [-0.25, -0.2) is 0 Å². The van der Waals surface area contributed by atoms with Gasteiger partial charge in [0.1, 0.15) is 18.1 Å². The Balaban J connectivity index is 1.33. The van der Waals surface area contributed by atoms with Gasteiger partial charge in [-0.2, -0.15) is 0 Å². The Hall–Kier alpha value is -4.06. The van der Waals surface area contributed by atoms with Gasteiger partial charge in [-0.15, -0.1) is 0 Å². The van der Waals surface area contributed by atoms with Gasteiger partial charge in [-0.1, -0.05) is 56.3 Å². The predicted molar refractivity (Wildman–Crippen MR) is 134 cm³/mol. The van der Waals surface area contributed by atoms with E-state index < -0.39 is 0 Å². The largest absolute Gasteiger partial charge is 0.489 e. The molecule has 4 rings (SSSR count). The third-order valence-electron chi connectivity index (χ3n) is 5.27. The average Bonchev–Trinajstić information content (AvgIpc) is 2.84. The first-order valence-electron chi connectivity index (χ1n) is 11.3. The van der Waals surface area contributed by atoms with Crippen molar-refractivity contribution in [2.75, 3.05) is 23.4 Å². The lowest BCUT2D eigenvalue weighted by atomic mass is 10.1. The number of carbonyl (C=O) groups excluding carboxylic acids is 2. The van der Waals surface area contributed by atoms with E-state index in [1.807, 2.05) is 60.7 Å². The van der Waals surface area contributed by atoms with Crippen molar-refractivity contribution in [2.24, 2.45) is 5.92 Å². The maximum Gasteiger partial charge on any atom is 0.265 e. The Bertz CT molecular complexity index is 1170. The van der Waals surface area contributed by atoms with E-state index in [4.69, 9.17) is 9.47 Å². The summed E-state index contributed by atoms with van der Waals surface area (Å²) in [6.07, 6.45) is 3.23. The molecule has 0 saturated carbocycles. The minimum Gasteiger partial charge on any atom is -0.489 e. The molecule has 0 radical (unpaired) electrons. The molecule has 6 nitrogen and oxygen atoms in total. The number of benzene rings is 3. The Morgan fingerprint density at radius 2 is 1.85 bits per heavy atom. The molecule has 0 atom stereocenters. The quantitative estimate of drug-likeness (QED) is 0.467. The fraction of sp³-hybridized carbons (Fsp3) is 0.214. The van der Waals surface area contributed by atoms with E-state index in [2.05, 4.69) is 19.2 Å². The molecule has 0 fully saturated rings. The van der Waals surface area contributed by atoms with E-state index in [9.17, 15) is 9.59 Å². The van der Waals surface area contributed by atoms with E-state index in [-0.39, 0.29) is 18.4 Å². The molecule has 34 heavy (non-hydrogen) atoms. The van der Waals surface area contributed by atoms with Gasteiger partial charge in [0, 0.05) is 24.4 Å². The van der Waals surface area contributed by atoms with Crippen LogP contribution in [0, 0.1) is 5.92 Å². The number of hydrogen-bond donors (Lipinski definition) is 1. The summed E-state index contributed by atoms with van der Waals surface area (Å²) >= 11 is 0. The van der Waals surface area contributed by atoms with Gasteiger partial charge in [0.15, 0.2) is 6.61 Å². The third kappa shape index (κ3) is 6.04. The van der Waals surface area contributed by atoms with Gasteiger partial charge in [-0.05, 0) is 47.4 Å². The Labute approximate surface area is 199 Å². The summed E-state index contributed by atoms with van der Waals surface area (Å²) in [4.78, 5) is 26.4. The molecule has 1 aliphatic heterocycles. The van der Waals surface area contributed by atoms with Crippen molar-refractivity contribution in [3.63, 3.8) is 0 Å². The van der Waals surface area contributed by atoms with Crippen LogP contribution in [0.15, 0.2) is 78.9 Å². The van der Waals surface area contributed by atoms with Gasteiger partial charge < -0.3 is 19.7 Å². The molecule has 0 spiro atoms. The molecule has 1 aliphatic rings. The minimum atomic E-state index is -0.254. The van der Waals surface area contributed by atoms with E-state index in [0.29, 0.717) is 30.5 Å². The standard InChI is InChI=1S/C28H28N2O4/c1-20(2)17-30-25-14-11-23(16-26(25)34-19-28(30)32)29-27(31)15-10-21-8-12-24(13-9-21)33-18-22-6-4-3-5-7-22/h3-16,20H,17-19H2,1-2H3,(H,29,31)/b15-10+. The molecule has 6 heteroatoms. The molecular weight excluding hydrogens is 428 g/mol. The SMILES string of the molecule is CC(C)CN1C(=O)COc2cc(NC(=O)/C=C/c3ccc(OCc4ccccc4)cc3)ccc21. The summed E-state index contributed by atoms with van der Waals surface area (Å²) < 4.78 is 11.4. The summed E-state index contributed by atoms with van der Waals surface area (Å²) in [6.45, 7) is 5.26. The summed E-state index contributed by atoms with van der Waals surface area (Å²) in [7, 11) is 0. The molecule has 0 unspecified atom stereocenters. The van der Waals surface area contributed by atoms with Crippen molar-refractivity contribution in [1.82, 2.24) is 0 Å². The maximum absolute atomic E-state index is 12.4. The molecule has 1 N–H and O–H groups in total. The van der Waals surface area contributed by atoms with Crippen molar-refractivity contribution in [3.05, 3.63) is 90.0 Å². The normalized spacial score (nSPS) is 13.0.